The standard InChI is InChI=1S/C22H23N3O4S/c1-13-18(14(2)29-25-13)12-28-17-8-6-15(7-9-17)10-21(26)23-24-22(27)20-11-16-4-3-5-19(16)30-20/h6-9,11H,3-5,10,12H2,1-2H3,(H,23,26)(H,24,27). The summed E-state index contributed by atoms with van der Waals surface area (Å²) in [7, 11) is 0. The number of nitrogens with one attached hydrogen (secondary N) is 2. The Bertz CT molecular complexity index is 1030. The van der Waals surface area contributed by atoms with Crippen molar-refractivity contribution in [3.05, 3.63) is 68.2 Å². The molecule has 2 amide bonds. The van der Waals surface area contributed by atoms with Gasteiger partial charge in [0.2, 0.25) is 5.91 Å². The Balaban J connectivity index is 1.24. The Morgan fingerprint density at radius 2 is 1.97 bits per heavy atom. The van der Waals surface area contributed by atoms with Crippen LogP contribution in [0.2, 0.25) is 0 Å². The van der Waals surface area contributed by atoms with Crippen molar-refractivity contribution in [2.45, 2.75) is 46.1 Å². The van der Waals surface area contributed by atoms with Crippen molar-refractivity contribution in [1.82, 2.24) is 16.0 Å². The molecule has 1 aliphatic rings. The molecule has 0 spiro atoms. The van der Waals surface area contributed by atoms with Crippen molar-refractivity contribution in [1.29, 1.82) is 0 Å². The molecule has 0 saturated heterocycles. The normalized spacial score (nSPS) is 12.5. The summed E-state index contributed by atoms with van der Waals surface area (Å²) >= 11 is 1.51. The molecule has 3 aromatic rings. The minimum Gasteiger partial charge on any atom is -0.489 e. The number of rotatable bonds is 6. The number of hydrazine groups is 1. The summed E-state index contributed by atoms with van der Waals surface area (Å²) in [6, 6.07) is 9.21. The van der Waals surface area contributed by atoms with Crippen molar-refractivity contribution >= 4 is 23.2 Å². The second kappa shape index (κ2) is 8.71. The summed E-state index contributed by atoms with van der Waals surface area (Å²) in [5.41, 5.74) is 8.81. The molecule has 1 aliphatic carbocycles. The Kier molecular flexibility index (Phi) is 5.85. The van der Waals surface area contributed by atoms with Crippen molar-refractivity contribution < 1.29 is 18.8 Å². The van der Waals surface area contributed by atoms with Crippen LogP contribution in [0.15, 0.2) is 34.9 Å². The molecule has 0 atom stereocenters. The summed E-state index contributed by atoms with van der Waals surface area (Å²) in [5, 5.41) is 3.91. The maximum Gasteiger partial charge on any atom is 0.279 e. The van der Waals surface area contributed by atoms with Gasteiger partial charge in [-0.1, -0.05) is 17.3 Å². The predicted molar refractivity (Wildman–Crippen MR) is 112 cm³/mol. The summed E-state index contributed by atoms with van der Waals surface area (Å²) in [6.07, 6.45) is 3.38. The van der Waals surface area contributed by atoms with Gasteiger partial charge in [0, 0.05) is 4.88 Å². The van der Waals surface area contributed by atoms with E-state index in [1.807, 2.05) is 44.2 Å². The van der Waals surface area contributed by atoms with E-state index in [0.717, 1.165) is 41.8 Å². The molecule has 1 aromatic carbocycles. The zero-order chi connectivity index (χ0) is 21.1. The van der Waals surface area contributed by atoms with E-state index in [4.69, 9.17) is 9.26 Å². The molecule has 0 radical (unpaired) electrons. The number of benzene rings is 1. The van der Waals surface area contributed by atoms with Crippen LogP contribution in [0.4, 0.5) is 0 Å². The van der Waals surface area contributed by atoms with E-state index in [1.165, 1.54) is 21.8 Å². The van der Waals surface area contributed by atoms with Gasteiger partial charge in [-0.15, -0.1) is 11.3 Å². The fourth-order valence-electron chi connectivity index (χ4n) is 3.43. The summed E-state index contributed by atoms with van der Waals surface area (Å²) in [6.45, 7) is 4.10. The topological polar surface area (TPSA) is 93.5 Å². The number of amides is 2. The molecule has 7 nitrogen and oxygen atoms in total. The van der Waals surface area contributed by atoms with Crippen LogP contribution in [-0.4, -0.2) is 17.0 Å². The zero-order valence-corrected chi connectivity index (χ0v) is 17.7. The molecule has 30 heavy (non-hydrogen) atoms. The van der Waals surface area contributed by atoms with Crippen molar-refractivity contribution in [2.75, 3.05) is 0 Å². The van der Waals surface area contributed by atoms with Crippen molar-refractivity contribution in [2.24, 2.45) is 0 Å². The summed E-state index contributed by atoms with van der Waals surface area (Å²) < 4.78 is 10.9. The fourth-order valence-corrected chi connectivity index (χ4v) is 4.57. The Morgan fingerprint density at radius 3 is 2.67 bits per heavy atom. The van der Waals surface area contributed by atoms with Crippen LogP contribution in [0.25, 0.3) is 0 Å². The third kappa shape index (κ3) is 4.54. The van der Waals surface area contributed by atoms with E-state index in [-0.39, 0.29) is 18.2 Å². The van der Waals surface area contributed by atoms with Crippen LogP contribution in [0.1, 0.15) is 49.1 Å². The smallest absolute Gasteiger partial charge is 0.279 e. The molecular formula is C22H23N3O4S. The van der Waals surface area contributed by atoms with Gasteiger partial charge in [-0.3, -0.25) is 20.4 Å². The number of carbonyl (C=O) groups is 2. The Labute approximate surface area is 178 Å². The third-order valence-electron chi connectivity index (χ3n) is 5.14. The first-order chi connectivity index (χ1) is 14.5. The van der Waals surface area contributed by atoms with Gasteiger partial charge in [-0.25, -0.2) is 0 Å². The van der Waals surface area contributed by atoms with Gasteiger partial charge in [0.25, 0.3) is 5.91 Å². The van der Waals surface area contributed by atoms with E-state index in [2.05, 4.69) is 16.0 Å². The summed E-state index contributed by atoms with van der Waals surface area (Å²) in [4.78, 5) is 26.3. The Morgan fingerprint density at radius 1 is 1.17 bits per heavy atom. The number of aryl methyl sites for hydroxylation is 4. The van der Waals surface area contributed by atoms with E-state index in [1.54, 1.807) is 0 Å². The number of fused-ring (bicyclic) bond motifs is 1. The molecule has 2 N–H and O–H groups in total. The lowest BCUT2D eigenvalue weighted by Gasteiger charge is -2.08. The van der Waals surface area contributed by atoms with Gasteiger partial charge >= 0.3 is 0 Å². The fraction of sp³-hybridized carbons (Fsp3) is 0.318. The van der Waals surface area contributed by atoms with Crippen LogP contribution < -0.4 is 15.6 Å². The number of hydrogen-bond donors (Lipinski definition) is 2. The SMILES string of the molecule is Cc1noc(C)c1COc1ccc(CC(=O)NNC(=O)c2cc3c(s2)CCC3)cc1. The van der Waals surface area contributed by atoms with E-state index >= 15 is 0 Å². The maximum atomic E-state index is 12.2. The average molecular weight is 426 g/mol. The molecule has 0 unspecified atom stereocenters. The lowest BCUT2D eigenvalue weighted by molar-refractivity contribution is -0.121. The highest BCUT2D eigenvalue weighted by atomic mass is 32.1. The molecule has 0 bridgehead atoms. The predicted octanol–water partition coefficient (Wildman–Crippen LogP) is 3.42. The van der Waals surface area contributed by atoms with Crippen LogP contribution in [0.3, 0.4) is 0 Å². The molecule has 4 rings (SSSR count). The number of ether oxygens (including phenoxy) is 1. The minimum absolute atomic E-state index is 0.158. The van der Waals surface area contributed by atoms with Crippen LogP contribution in [0, 0.1) is 13.8 Å². The van der Waals surface area contributed by atoms with Gasteiger partial charge in [-0.2, -0.15) is 0 Å². The van der Waals surface area contributed by atoms with Gasteiger partial charge in [0.15, 0.2) is 0 Å². The lowest BCUT2D eigenvalue weighted by atomic mass is 10.1. The first kappa shape index (κ1) is 20.2. The number of hydrogen-bond acceptors (Lipinski definition) is 6. The molecular weight excluding hydrogens is 402 g/mol. The highest BCUT2D eigenvalue weighted by molar-refractivity contribution is 7.14. The van der Waals surface area contributed by atoms with Crippen LogP contribution in [0.5, 0.6) is 5.75 Å². The van der Waals surface area contributed by atoms with Gasteiger partial charge in [-0.05, 0) is 62.4 Å². The first-order valence-electron chi connectivity index (χ1n) is 9.84. The largest absolute Gasteiger partial charge is 0.489 e. The molecule has 156 valence electrons. The highest BCUT2D eigenvalue weighted by Gasteiger charge is 2.18. The average Bonchev–Trinajstić information content (AvgIpc) is 3.42. The molecule has 0 aliphatic heterocycles. The zero-order valence-electron chi connectivity index (χ0n) is 16.9. The molecule has 0 fully saturated rings. The number of carbonyl (C=O) groups excluding carboxylic acids is 2. The van der Waals surface area contributed by atoms with E-state index in [0.29, 0.717) is 17.2 Å². The lowest BCUT2D eigenvalue weighted by Crippen LogP contribution is -2.42. The van der Waals surface area contributed by atoms with Gasteiger partial charge in [0.1, 0.15) is 18.1 Å². The van der Waals surface area contributed by atoms with Gasteiger partial charge < -0.3 is 9.26 Å². The summed E-state index contributed by atoms with van der Waals surface area (Å²) in [5.74, 6) is 0.885. The maximum absolute atomic E-state index is 12.2. The highest BCUT2D eigenvalue weighted by Crippen LogP contribution is 2.30. The van der Waals surface area contributed by atoms with Crippen LogP contribution in [-0.2, 0) is 30.7 Å². The number of thiophene rings is 1. The Hall–Kier alpha value is -3.13. The van der Waals surface area contributed by atoms with Crippen molar-refractivity contribution in [3.63, 3.8) is 0 Å². The second-order valence-corrected chi connectivity index (χ2v) is 8.46. The van der Waals surface area contributed by atoms with Crippen molar-refractivity contribution in [3.8, 4) is 5.75 Å². The number of aromatic nitrogens is 1. The first-order valence-corrected chi connectivity index (χ1v) is 10.7. The molecule has 2 aromatic heterocycles. The van der Waals surface area contributed by atoms with Crippen LogP contribution >= 0.6 is 11.3 Å². The quantitative estimate of drug-likeness (QED) is 0.590. The third-order valence-corrected chi connectivity index (χ3v) is 6.37. The molecule has 8 heteroatoms. The second-order valence-electron chi connectivity index (χ2n) is 7.33. The molecule has 0 saturated carbocycles. The molecule has 2 heterocycles. The monoisotopic (exact) mass is 425 g/mol. The van der Waals surface area contributed by atoms with Gasteiger partial charge in [0.05, 0.1) is 22.6 Å². The van der Waals surface area contributed by atoms with E-state index < -0.39 is 0 Å². The number of nitrogens with zero attached hydrogens (tertiary/aromatic N) is 1. The van der Waals surface area contributed by atoms with E-state index in [9.17, 15) is 9.59 Å². The minimum atomic E-state index is -0.281.